The summed E-state index contributed by atoms with van der Waals surface area (Å²) in [6.07, 6.45) is 1.04. The molecule has 0 heterocycles. The topological polar surface area (TPSA) is 162 Å². The highest BCUT2D eigenvalue weighted by molar-refractivity contribution is 5.86. The Hall–Kier alpha value is -2.65. The van der Waals surface area contributed by atoms with Gasteiger partial charge in [0.05, 0.1) is 0 Å². The van der Waals surface area contributed by atoms with Crippen LogP contribution >= 0.6 is 0 Å². The molecular formula is C15H25N3O7. The Morgan fingerprint density at radius 2 is 1.36 bits per heavy atom. The SMILES string of the molecule is CC(=O)CC[C@H](NC(=O)N[C@@H](CCCCNC(C)=O)C(=O)O)C(=O)O. The number of nitrogens with one attached hydrogen (secondary N) is 3. The van der Waals surface area contributed by atoms with Crippen molar-refractivity contribution in [2.45, 2.75) is 58.0 Å². The number of Topliss-reactive ketones (excluding diaryl/α,β-unsaturated/α-hetero) is 1. The quantitative estimate of drug-likeness (QED) is 0.303. The molecule has 0 radical (unpaired) electrons. The lowest BCUT2D eigenvalue weighted by atomic mass is 10.1. The second-order valence-corrected chi connectivity index (χ2v) is 5.62. The van der Waals surface area contributed by atoms with Crippen molar-refractivity contribution in [3.8, 4) is 0 Å². The summed E-state index contributed by atoms with van der Waals surface area (Å²) in [5.74, 6) is -2.95. The van der Waals surface area contributed by atoms with Gasteiger partial charge in [0.2, 0.25) is 5.91 Å². The lowest BCUT2D eigenvalue weighted by Gasteiger charge is -2.18. The second kappa shape index (κ2) is 11.8. The third-order valence-electron chi connectivity index (χ3n) is 3.29. The van der Waals surface area contributed by atoms with E-state index in [4.69, 9.17) is 10.2 Å². The van der Waals surface area contributed by atoms with Crippen LogP contribution in [0.3, 0.4) is 0 Å². The van der Waals surface area contributed by atoms with Crippen LogP contribution in [0.4, 0.5) is 4.79 Å². The maximum absolute atomic E-state index is 11.8. The molecule has 10 heteroatoms. The molecule has 0 saturated heterocycles. The standard InChI is InChI=1S/C15H25N3O7/c1-9(19)6-7-12(14(23)24)18-15(25)17-11(13(21)22)5-3-4-8-16-10(2)20/h11-12H,3-8H2,1-2H3,(H,16,20)(H,21,22)(H,23,24)(H2,17,18,25)/t11-,12-/m0/s1. The number of unbranched alkanes of at least 4 members (excludes halogenated alkanes) is 1. The van der Waals surface area contributed by atoms with Gasteiger partial charge in [-0.3, -0.25) is 4.79 Å². The van der Waals surface area contributed by atoms with Crippen molar-refractivity contribution in [2.24, 2.45) is 0 Å². The number of urea groups is 1. The molecule has 0 aliphatic heterocycles. The number of ketones is 1. The molecule has 0 saturated carbocycles. The van der Waals surface area contributed by atoms with Gasteiger partial charge in [0.15, 0.2) is 0 Å². The van der Waals surface area contributed by atoms with Gasteiger partial charge >= 0.3 is 18.0 Å². The summed E-state index contributed by atoms with van der Waals surface area (Å²) in [5.41, 5.74) is 0. The van der Waals surface area contributed by atoms with E-state index in [1.807, 2.05) is 0 Å². The van der Waals surface area contributed by atoms with E-state index in [2.05, 4.69) is 16.0 Å². The van der Waals surface area contributed by atoms with Gasteiger partial charge in [0.1, 0.15) is 17.9 Å². The lowest BCUT2D eigenvalue weighted by molar-refractivity contribution is -0.139. The summed E-state index contributed by atoms with van der Waals surface area (Å²) >= 11 is 0. The van der Waals surface area contributed by atoms with E-state index in [-0.39, 0.29) is 31.0 Å². The number of hydrogen-bond acceptors (Lipinski definition) is 5. The van der Waals surface area contributed by atoms with Crippen molar-refractivity contribution in [3.63, 3.8) is 0 Å². The van der Waals surface area contributed by atoms with Crippen LogP contribution in [0.25, 0.3) is 0 Å². The lowest BCUT2D eigenvalue weighted by Crippen LogP contribution is -2.51. The largest absolute Gasteiger partial charge is 0.480 e. The molecule has 142 valence electrons. The Morgan fingerprint density at radius 1 is 0.840 bits per heavy atom. The van der Waals surface area contributed by atoms with E-state index >= 15 is 0 Å². The molecule has 0 rings (SSSR count). The summed E-state index contributed by atoms with van der Waals surface area (Å²) in [6.45, 7) is 3.08. The zero-order valence-corrected chi connectivity index (χ0v) is 14.3. The highest BCUT2D eigenvalue weighted by Gasteiger charge is 2.24. The molecule has 0 fully saturated rings. The molecule has 3 amide bonds. The fraction of sp³-hybridized carbons (Fsp3) is 0.667. The molecule has 0 spiro atoms. The van der Waals surface area contributed by atoms with E-state index in [1.165, 1.54) is 13.8 Å². The first-order valence-electron chi connectivity index (χ1n) is 7.90. The van der Waals surface area contributed by atoms with E-state index in [1.54, 1.807) is 0 Å². The average Bonchev–Trinajstić information content (AvgIpc) is 2.48. The molecule has 0 aromatic rings. The summed E-state index contributed by atoms with van der Waals surface area (Å²) < 4.78 is 0. The molecule has 0 aromatic carbocycles. The molecule has 0 aliphatic carbocycles. The Kier molecular flexibility index (Phi) is 10.6. The van der Waals surface area contributed by atoms with Crippen LogP contribution in [0.15, 0.2) is 0 Å². The van der Waals surface area contributed by atoms with Crippen LogP contribution in [-0.4, -0.2) is 58.5 Å². The first-order valence-corrected chi connectivity index (χ1v) is 7.90. The normalized spacial score (nSPS) is 12.6. The summed E-state index contributed by atoms with van der Waals surface area (Å²) in [5, 5.41) is 25.1. The first kappa shape index (κ1) is 22.4. The number of hydrogen-bond donors (Lipinski definition) is 5. The Bertz CT molecular complexity index is 507. The number of carboxylic acid groups (broad SMARTS) is 2. The number of amides is 3. The second-order valence-electron chi connectivity index (χ2n) is 5.62. The number of carbonyl (C=O) groups excluding carboxylic acids is 3. The van der Waals surface area contributed by atoms with Gasteiger partial charge < -0.3 is 31.0 Å². The van der Waals surface area contributed by atoms with Gasteiger partial charge in [0, 0.05) is 19.9 Å². The molecule has 0 unspecified atom stereocenters. The Morgan fingerprint density at radius 3 is 1.80 bits per heavy atom. The van der Waals surface area contributed by atoms with E-state index in [0.717, 1.165) is 0 Å². The smallest absolute Gasteiger partial charge is 0.326 e. The van der Waals surface area contributed by atoms with Gasteiger partial charge in [-0.2, -0.15) is 0 Å². The number of aliphatic carboxylic acids is 2. The van der Waals surface area contributed by atoms with Crippen molar-refractivity contribution in [1.82, 2.24) is 16.0 Å². The van der Waals surface area contributed by atoms with E-state index in [9.17, 15) is 24.0 Å². The van der Waals surface area contributed by atoms with Crippen molar-refractivity contribution >= 4 is 29.7 Å². The maximum Gasteiger partial charge on any atom is 0.326 e. The van der Waals surface area contributed by atoms with Crippen LogP contribution in [0.2, 0.25) is 0 Å². The number of rotatable bonds is 12. The van der Waals surface area contributed by atoms with Crippen LogP contribution in [0.1, 0.15) is 46.0 Å². The minimum atomic E-state index is -1.31. The van der Waals surface area contributed by atoms with Gasteiger partial charge in [-0.15, -0.1) is 0 Å². The number of carboxylic acids is 2. The maximum atomic E-state index is 11.8. The van der Waals surface area contributed by atoms with Crippen molar-refractivity contribution in [1.29, 1.82) is 0 Å². The molecule has 5 N–H and O–H groups in total. The predicted molar refractivity (Wildman–Crippen MR) is 87.0 cm³/mol. The first-order chi connectivity index (χ1) is 11.6. The monoisotopic (exact) mass is 359 g/mol. The molecular weight excluding hydrogens is 334 g/mol. The predicted octanol–water partition coefficient (Wildman–Crippen LogP) is -0.132. The molecule has 25 heavy (non-hydrogen) atoms. The van der Waals surface area contributed by atoms with E-state index in [0.29, 0.717) is 19.4 Å². The zero-order chi connectivity index (χ0) is 19.4. The summed E-state index contributed by atoms with van der Waals surface area (Å²) in [4.78, 5) is 55.7. The average molecular weight is 359 g/mol. The summed E-state index contributed by atoms with van der Waals surface area (Å²) in [7, 11) is 0. The fourth-order valence-electron chi connectivity index (χ4n) is 1.96. The van der Waals surface area contributed by atoms with Crippen LogP contribution < -0.4 is 16.0 Å². The van der Waals surface area contributed by atoms with E-state index < -0.39 is 30.1 Å². The Labute approximate surface area is 145 Å². The fourth-order valence-corrected chi connectivity index (χ4v) is 1.96. The van der Waals surface area contributed by atoms with Crippen molar-refractivity contribution in [3.05, 3.63) is 0 Å². The molecule has 2 atom stereocenters. The highest BCUT2D eigenvalue weighted by Crippen LogP contribution is 2.03. The van der Waals surface area contributed by atoms with Crippen LogP contribution in [-0.2, 0) is 19.2 Å². The third-order valence-corrected chi connectivity index (χ3v) is 3.29. The molecule has 0 aromatic heterocycles. The van der Waals surface area contributed by atoms with Gasteiger partial charge in [-0.05, 0) is 32.6 Å². The van der Waals surface area contributed by atoms with Gasteiger partial charge in [0.25, 0.3) is 0 Å². The molecule has 0 aliphatic rings. The summed E-state index contributed by atoms with van der Waals surface area (Å²) in [6, 6.07) is -3.39. The van der Waals surface area contributed by atoms with Gasteiger partial charge in [-0.1, -0.05) is 0 Å². The van der Waals surface area contributed by atoms with Crippen molar-refractivity contribution in [2.75, 3.05) is 6.54 Å². The van der Waals surface area contributed by atoms with Crippen molar-refractivity contribution < 1.29 is 34.2 Å². The minimum absolute atomic E-state index is 0.0112. The third kappa shape index (κ3) is 11.5. The van der Waals surface area contributed by atoms with Crippen LogP contribution in [0.5, 0.6) is 0 Å². The number of carbonyl (C=O) groups is 5. The highest BCUT2D eigenvalue weighted by atomic mass is 16.4. The Balaban J connectivity index is 4.41. The van der Waals surface area contributed by atoms with Gasteiger partial charge in [-0.25, -0.2) is 14.4 Å². The van der Waals surface area contributed by atoms with Crippen LogP contribution in [0, 0.1) is 0 Å². The molecule has 10 nitrogen and oxygen atoms in total. The molecule has 0 bridgehead atoms. The minimum Gasteiger partial charge on any atom is -0.480 e. The zero-order valence-electron chi connectivity index (χ0n) is 14.3.